The van der Waals surface area contributed by atoms with Gasteiger partial charge in [0.05, 0.1) is 11.1 Å². The minimum Gasteiger partial charge on any atom is -0.326 e. The molecule has 8 nitrogen and oxygen atoms in total. The van der Waals surface area contributed by atoms with Crippen molar-refractivity contribution in [2.75, 3.05) is 11.9 Å². The van der Waals surface area contributed by atoms with Gasteiger partial charge in [-0.15, -0.1) is 0 Å². The van der Waals surface area contributed by atoms with E-state index in [0.717, 1.165) is 16.5 Å². The Balaban J connectivity index is 1.61. The number of carbonyl (C=O) groups excluding carboxylic acids is 1. The van der Waals surface area contributed by atoms with Gasteiger partial charge < -0.3 is 5.32 Å². The van der Waals surface area contributed by atoms with Crippen LogP contribution in [0.3, 0.4) is 0 Å². The largest absolute Gasteiger partial charge is 0.326 e. The number of aromatic amines is 1. The van der Waals surface area contributed by atoms with Crippen LogP contribution in [0.2, 0.25) is 0 Å². The summed E-state index contributed by atoms with van der Waals surface area (Å²) in [5, 5.41) is 10.4. The lowest BCUT2D eigenvalue weighted by atomic mass is 10.0. The van der Waals surface area contributed by atoms with Crippen molar-refractivity contribution in [2.45, 2.75) is 24.8 Å². The third-order valence-electron chi connectivity index (χ3n) is 4.45. The van der Waals surface area contributed by atoms with Crippen LogP contribution in [-0.2, 0) is 27.8 Å². The van der Waals surface area contributed by atoms with E-state index in [4.69, 9.17) is 0 Å². The Kier molecular flexibility index (Phi) is 3.97. The number of nitrogens with one attached hydrogen (secondary N) is 2. The highest BCUT2D eigenvalue weighted by atomic mass is 32.2. The number of aromatic nitrogens is 3. The lowest BCUT2D eigenvalue weighted by Crippen LogP contribution is -2.36. The van der Waals surface area contributed by atoms with E-state index >= 15 is 0 Å². The predicted octanol–water partition coefficient (Wildman–Crippen LogP) is 1.66. The van der Waals surface area contributed by atoms with Crippen LogP contribution < -0.4 is 5.32 Å². The van der Waals surface area contributed by atoms with Crippen molar-refractivity contribution in [3.05, 3.63) is 47.8 Å². The van der Waals surface area contributed by atoms with Crippen molar-refractivity contribution in [1.82, 2.24) is 19.5 Å². The zero-order valence-electron chi connectivity index (χ0n) is 14.1. The average Bonchev–Trinajstić information content (AvgIpc) is 3.10. The van der Waals surface area contributed by atoms with Gasteiger partial charge in [-0.3, -0.25) is 9.89 Å². The quantitative estimate of drug-likeness (QED) is 0.728. The number of sulfonamides is 1. The molecule has 0 saturated carbocycles. The van der Waals surface area contributed by atoms with E-state index in [0.29, 0.717) is 24.3 Å². The Hall–Kier alpha value is -2.78. The number of pyridine rings is 1. The van der Waals surface area contributed by atoms with Gasteiger partial charge in [0.15, 0.2) is 5.65 Å². The van der Waals surface area contributed by atoms with Gasteiger partial charge in [-0.05, 0) is 41.8 Å². The topological polar surface area (TPSA) is 108 Å². The summed E-state index contributed by atoms with van der Waals surface area (Å²) in [6.45, 7) is 2.08. The number of hydrogen-bond donors (Lipinski definition) is 2. The molecule has 1 aliphatic rings. The van der Waals surface area contributed by atoms with Gasteiger partial charge in [-0.2, -0.15) is 9.40 Å². The second-order valence-corrected chi connectivity index (χ2v) is 8.13. The van der Waals surface area contributed by atoms with Crippen LogP contribution in [-0.4, -0.2) is 40.4 Å². The van der Waals surface area contributed by atoms with Crippen molar-refractivity contribution in [2.24, 2.45) is 0 Å². The Labute approximate surface area is 150 Å². The summed E-state index contributed by atoms with van der Waals surface area (Å²) in [6, 6.07) is 6.19. The highest BCUT2D eigenvalue weighted by molar-refractivity contribution is 7.89. The van der Waals surface area contributed by atoms with Crippen molar-refractivity contribution in [1.29, 1.82) is 0 Å². The number of benzene rings is 1. The fourth-order valence-corrected chi connectivity index (χ4v) is 4.62. The second-order valence-electron chi connectivity index (χ2n) is 6.19. The van der Waals surface area contributed by atoms with Crippen LogP contribution in [0.5, 0.6) is 0 Å². The summed E-state index contributed by atoms with van der Waals surface area (Å²) < 4.78 is 27.3. The third-order valence-corrected chi connectivity index (χ3v) is 6.31. The number of hydrogen-bond acceptors (Lipinski definition) is 5. The monoisotopic (exact) mass is 371 g/mol. The zero-order valence-corrected chi connectivity index (χ0v) is 14.9. The van der Waals surface area contributed by atoms with E-state index < -0.39 is 10.0 Å². The Morgan fingerprint density at radius 3 is 2.73 bits per heavy atom. The van der Waals surface area contributed by atoms with Gasteiger partial charge in [0.1, 0.15) is 0 Å². The maximum Gasteiger partial charge on any atom is 0.243 e. The normalized spacial score (nSPS) is 15.0. The van der Waals surface area contributed by atoms with E-state index in [9.17, 15) is 13.2 Å². The number of H-pyrrole nitrogens is 1. The van der Waals surface area contributed by atoms with Crippen molar-refractivity contribution in [3.63, 3.8) is 0 Å². The van der Waals surface area contributed by atoms with Gasteiger partial charge in [-0.1, -0.05) is 0 Å². The summed E-state index contributed by atoms with van der Waals surface area (Å²) in [7, 11) is -3.62. The zero-order chi connectivity index (χ0) is 18.3. The van der Waals surface area contributed by atoms with Crippen molar-refractivity contribution < 1.29 is 13.2 Å². The van der Waals surface area contributed by atoms with Crippen LogP contribution in [0.1, 0.15) is 18.1 Å². The molecule has 0 spiro atoms. The molecular formula is C17H17N5O3S. The minimum atomic E-state index is -3.62. The van der Waals surface area contributed by atoms with Crippen molar-refractivity contribution in [3.8, 4) is 0 Å². The Bertz CT molecular complexity index is 1090. The fourth-order valence-electron chi connectivity index (χ4n) is 3.20. The second kappa shape index (κ2) is 6.19. The van der Waals surface area contributed by atoms with Crippen LogP contribution in [0.15, 0.2) is 41.6 Å². The SMILES string of the molecule is CC(=O)Nc1ccc(S(=O)(=O)N2CCc3c(cnc4[nH]ncc34)C2)cc1. The number of carbonyl (C=O) groups is 1. The number of anilines is 1. The molecule has 0 saturated heterocycles. The number of nitrogens with zero attached hydrogens (tertiary/aromatic N) is 3. The molecule has 1 aliphatic heterocycles. The maximum atomic E-state index is 12.9. The maximum absolute atomic E-state index is 12.9. The first-order valence-corrected chi connectivity index (χ1v) is 9.57. The fraction of sp³-hybridized carbons (Fsp3) is 0.235. The molecule has 0 radical (unpaired) electrons. The van der Waals surface area contributed by atoms with Gasteiger partial charge >= 0.3 is 0 Å². The molecule has 4 rings (SSSR count). The molecule has 0 unspecified atom stereocenters. The molecular weight excluding hydrogens is 354 g/mol. The van der Waals surface area contributed by atoms with E-state index in [1.165, 1.54) is 23.4 Å². The molecule has 26 heavy (non-hydrogen) atoms. The van der Waals surface area contributed by atoms with Gasteiger partial charge in [0.25, 0.3) is 0 Å². The molecule has 0 aliphatic carbocycles. The van der Waals surface area contributed by atoms with Crippen LogP contribution in [0.4, 0.5) is 5.69 Å². The van der Waals surface area contributed by atoms with E-state index in [1.54, 1.807) is 24.5 Å². The highest BCUT2D eigenvalue weighted by Crippen LogP contribution is 2.28. The van der Waals surface area contributed by atoms with Gasteiger partial charge in [0, 0.05) is 37.3 Å². The van der Waals surface area contributed by atoms with Gasteiger partial charge in [-0.25, -0.2) is 13.4 Å². The summed E-state index contributed by atoms with van der Waals surface area (Å²) in [5.74, 6) is -0.202. The smallest absolute Gasteiger partial charge is 0.243 e. The lowest BCUT2D eigenvalue weighted by Gasteiger charge is -2.28. The third kappa shape index (κ3) is 2.85. The molecule has 0 fully saturated rings. The summed E-state index contributed by atoms with van der Waals surface area (Å²) in [4.78, 5) is 15.6. The molecule has 3 heterocycles. The van der Waals surface area contributed by atoms with E-state index in [2.05, 4.69) is 20.5 Å². The number of amides is 1. The van der Waals surface area contributed by atoms with Crippen LogP contribution >= 0.6 is 0 Å². The predicted molar refractivity (Wildman–Crippen MR) is 95.9 cm³/mol. The van der Waals surface area contributed by atoms with Crippen LogP contribution in [0, 0.1) is 0 Å². The first-order chi connectivity index (χ1) is 12.4. The minimum absolute atomic E-state index is 0.201. The summed E-state index contributed by atoms with van der Waals surface area (Å²) in [6.07, 6.45) is 4.04. The lowest BCUT2D eigenvalue weighted by molar-refractivity contribution is -0.114. The first kappa shape index (κ1) is 16.7. The van der Waals surface area contributed by atoms with E-state index in [-0.39, 0.29) is 17.3 Å². The molecule has 1 amide bonds. The molecule has 3 aromatic rings. The van der Waals surface area contributed by atoms with E-state index in [1.807, 2.05) is 0 Å². The molecule has 1 aromatic carbocycles. The molecule has 134 valence electrons. The van der Waals surface area contributed by atoms with Gasteiger partial charge in [0.2, 0.25) is 15.9 Å². The molecule has 2 aromatic heterocycles. The number of rotatable bonds is 3. The first-order valence-electron chi connectivity index (χ1n) is 8.13. The standard InChI is InChI=1S/C17H17N5O3S/c1-11(23)20-13-2-4-14(5-3-13)26(24,25)22-7-6-15-12(10-22)8-18-17-16(15)9-19-21-17/h2-5,8-9H,6-7,10H2,1H3,(H,20,23)(H,18,19,21). The molecule has 0 atom stereocenters. The number of fused-ring (bicyclic) bond motifs is 3. The van der Waals surface area contributed by atoms with Crippen LogP contribution in [0.25, 0.3) is 11.0 Å². The molecule has 2 N–H and O–H groups in total. The summed E-state index contributed by atoms with van der Waals surface area (Å²) in [5.41, 5.74) is 3.26. The summed E-state index contributed by atoms with van der Waals surface area (Å²) >= 11 is 0. The molecule has 0 bridgehead atoms. The van der Waals surface area contributed by atoms with Crippen molar-refractivity contribution >= 4 is 32.7 Å². The highest BCUT2D eigenvalue weighted by Gasteiger charge is 2.29. The Morgan fingerprint density at radius 2 is 2.00 bits per heavy atom. The average molecular weight is 371 g/mol. The molecule has 9 heteroatoms. The Morgan fingerprint density at radius 1 is 1.23 bits per heavy atom.